The molecule has 1 saturated carbocycles. The Labute approximate surface area is 116 Å². The molecule has 0 saturated heterocycles. The van der Waals surface area contributed by atoms with Crippen LogP contribution < -0.4 is 10.2 Å². The fraction of sp³-hybridized carbons (Fsp3) is 0.625. The molecule has 3 nitrogen and oxygen atoms in total. The van der Waals surface area contributed by atoms with Crippen LogP contribution in [0.25, 0.3) is 0 Å². The minimum absolute atomic E-state index is 0.367. The van der Waals surface area contributed by atoms with E-state index >= 15 is 0 Å². The molecule has 1 aliphatic rings. The van der Waals surface area contributed by atoms with E-state index in [0.29, 0.717) is 6.04 Å². The number of rotatable bonds is 8. The lowest BCUT2D eigenvalue weighted by Crippen LogP contribution is -2.25. The quantitative estimate of drug-likeness (QED) is 0.729. The van der Waals surface area contributed by atoms with Crippen molar-refractivity contribution in [3.63, 3.8) is 0 Å². The number of nitrogens with zero attached hydrogens (tertiary/aromatic N) is 1. The van der Waals surface area contributed by atoms with Crippen molar-refractivity contribution in [2.24, 2.45) is 5.92 Å². The summed E-state index contributed by atoms with van der Waals surface area (Å²) in [5, 5.41) is 3.31. The van der Waals surface area contributed by atoms with Gasteiger partial charge in [-0.1, -0.05) is 18.2 Å². The van der Waals surface area contributed by atoms with Gasteiger partial charge < -0.3 is 15.0 Å². The topological polar surface area (TPSA) is 24.5 Å². The summed E-state index contributed by atoms with van der Waals surface area (Å²) in [5.74, 6) is 0.849. The molecule has 3 heteroatoms. The molecule has 0 bridgehead atoms. The maximum Gasteiger partial charge on any atom is 0.0641 e. The van der Waals surface area contributed by atoms with Gasteiger partial charge >= 0.3 is 0 Å². The van der Waals surface area contributed by atoms with E-state index in [2.05, 4.69) is 48.5 Å². The van der Waals surface area contributed by atoms with E-state index in [-0.39, 0.29) is 0 Å². The van der Waals surface area contributed by atoms with E-state index in [1.165, 1.54) is 24.1 Å². The van der Waals surface area contributed by atoms with Crippen LogP contribution in [0.1, 0.15) is 31.4 Å². The van der Waals surface area contributed by atoms with Gasteiger partial charge in [0.1, 0.15) is 0 Å². The van der Waals surface area contributed by atoms with Crippen molar-refractivity contribution in [1.29, 1.82) is 0 Å². The molecule has 0 amide bonds. The van der Waals surface area contributed by atoms with Gasteiger partial charge in [0.25, 0.3) is 0 Å². The highest BCUT2D eigenvalue weighted by Gasteiger charge is 2.21. The number of likely N-dealkylation sites (N-methyl/N-ethyl adjacent to an activating group) is 1. The predicted octanol–water partition coefficient (Wildman–Crippen LogP) is 2.83. The first kappa shape index (κ1) is 14.4. The molecule has 1 unspecified atom stereocenters. The Morgan fingerprint density at radius 3 is 2.79 bits per heavy atom. The van der Waals surface area contributed by atoms with Gasteiger partial charge in [0.15, 0.2) is 0 Å². The number of hydrogen-bond donors (Lipinski definition) is 1. The average molecular weight is 262 g/mol. The summed E-state index contributed by atoms with van der Waals surface area (Å²) in [6.45, 7) is 4.90. The summed E-state index contributed by atoms with van der Waals surface area (Å²) in [5.41, 5.74) is 2.63. The van der Waals surface area contributed by atoms with Crippen LogP contribution in [-0.2, 0) is 4.74 Å². The smallest absolute Gasteiger partial charge is 0.0641 e. The van der Waals surface area contributed by atoms with Crippen LogP contribution in [0.3, 0.4) is 0 Å². The lowest BCUT2D eigenvalue weighted by atomic mass is 10.1. The zero-order valence-electron chi connectivity index (χ0n) is 12.4. The van der Waals surface area contributed by atoms with Gasteiger partial charge in [-0.25, -0.2) is 0 Å². The molecule has 0 aliphatic heterocycles. The monoisotopic (exact) mass is 262 g/mol. The van der Waals surface area contributed by atoms with E-state index in [9.17, 15) is 0 Å². The summed E-state index contributed by atoms with van der Waals surface area (Å²) in [6, 6.07) is 8.95. The minimum Gasteiger partial charge on any atom is -0.379 e. The molecule has 19 heavy (non-hydrogen) atoms. The van der Waals surface area contributed by atoms with Crippen LogP contribution in [0.5, 0.6) is 0 Å². The van der Waals surface area contributed by atoms with E-state index in [1.807, 2.05) is 7.05 Å². The van der Waals surface area contributed by atoms with Crippen LogP contribution >= 0.6 is 0 Å². The van der Waals surface area contributed by atoms with E-state index in [4.69, 9.17) is 4.74 Å². The highest BCUT2D eigenvalue weighted by Crippen LogP contribution is 2.29. The Kier molecular flexibility index (Phi) is 5.23. The fourth-order valence-electron chi connectivity index (χ4n) is 2.21. The lowest BCUT2D eigenvalue weighted by Gasteiger charge is -2.25. The first-order chi connectivity index (χ1) is 9.22. The SMILES string of the molecule is CNC(C)c1ccccc1N(C)CCOCC1CC1. The molecular formula is C16H26N2O. The number of anilines is 1. The molecule has 0 heterocycles. The Bertz CT molecular complexity index is 390. The number of benzene rings is 1. The largest absolute Gasteiger partial charge is 0.379 e. The van der Waals surface area contributed by atoms with Crippen molar-refractivity contribution in [3.05, 3.63) is 29.8 Å². The molecule has 0 radical (unpaired) electrons. The van der Waals surface area contributed by atoms with Gasteiger partial charge in [-0.2, -0.15) is 0 Å². The van der Waals surface area contributed by atoms with Crippen LogP contribution in [-0.4, -0.2) is 33.9 Å². The second-order valence-corrected chi connectivity index (χ2v) is 5.51. The van der Waals surface area contributed by atoms with Gasteiger partial charge in [0.05, 0.1) is 6.61 Å². The van der Waals surface area contributed by atoms with E-state index in [0.717, 1.165) is 25.7 Å². The molecular weight excluding hydrogens is 236 g/mol. The summed E-state index contributed by atoms with van der Waals surface area (Å²) >= 11 is 0. The van der Waals surface area contributed by atoms with Crippen LogP contribution in [0.2, 0.25) is 0 Å². The maximum absolute atomic E-state index is 5.72. The molecule has 1 atom stereocenters. The van der Waals surface area contributed by atoms with Gasteiger partial charge in [-0.05, 0) is 44.4 Å². The lowest BCUT2D eigenvalue weighted by molar-refractivity contribution is 0.131. The van der Waals surface area contributed by atoms with Crippen LogP contribution in [0.4, 0.5) is 5.69 Å². The van der Waals surface area contributed by atoms with Gasteiger partial charge in [-0.15, -0.1) is 0 Å². The molecule has 0 aromatic heterocycles. The first-order valence-corrected chi connectivity index (χ1v) is 7.27. The summed E-state index contributed by atoms with van der Waals surface area (Å²) in [6.07, 6.45) is 2.72. The summed E-state index contributed by atoms with van der Waals surface area (Å²) in [4.78, 5) is 2.29. The van der Waals surface area contributed by atoms with E-state index < -0.39 is 0 Å². The highest BCUT2D eigenvalue weighted by molar-refractivity contribution is 5.54. The second-order valence-electron chi connectivity index (χ2n) is 5.51. The number of nitrogens with one attached hydrogen (secondary N) is 1. The molecule has 1 aromatic rings. The number of ether oxygens (including phenoxy) is 1. The van der Waals surface area contributed by atoms with Gasteiger partial charge in [0, 0.05) is 31.9 Å². The molecule has 0 spiro atoms. The third-order valence-electron chi connectivity index (χ3n) is 3.87. The van der Waals surface area contributed by atoms with Crippen molar-refractivity contribution >= 4 is 5.69 Å². The van der Waals surface area contributed by atoms with Crippen molar-refractivity contribution in [2.75, 3.05) is 38.8 Å². The molecule has 2 rings (SSSR count). The molecule has 1 aliphatic carbocycles. The maximum atomic E-state index is 5.72. The van der Waals surface area contributed by atoms with Gasteiger partial charge in [0.2, 0.25) is 0 Å². The highest BCUT2D eigenvalue weighted by atomic mass is 16.5. The van der Waals surface area contributed by atoms with E-state index in [1.54, 1.807) is 0 Å². The minimum atomic E-state index is 0.367. The Balaban J connectivity index is 1.87. The third kappa shape index (κ3) is 4.22. The second kappa shape index (κ2) is 6.92. The first-order valence-electron chi connectivity index (χ1n) is 7.27. The Morgan fingerprint density at radius 2 is 2.11 bits per heavy atom. The Morgan fingerprint density at radius 1 is 1.37 bits per heavy atom. The zero-order valence-corrected chi connectivity index (χ0v) is 12.4. The van der Waals surface area contributed by atoms with Crippen LogP contribution in [0.15, 0.2) is 24.3 Å². The molecule has 1 aromatic carbocycles. The van der Waals surface area contributed by atoms with Crippen LogP contribution in [0, 0.1) is 5.92 Å². The van der Waals surface area contributed by atoms with Crippen molar-refractivity contribution < 1.29 is 4.74 Å². The summed E-state index contributed by atoms with van der Waals surface area (Å²) < 4.78 is 5.72. The predicted molar refractivity (Wildman–Crippen MR) is 80.7 cm³/mol. The zero-order chi connectivity index (χ0) is 13.7. The fourth-order valence-corrected chi connectivity index (χ4v) is 2.21. The number of hydrogen-bond acceptors (Lipinski definition) is 3. The molecule has 106 valence electrons. The molecule has 1 fully saturated rings. The normalized spacial score (nSPS) is 16.4. The van der Waals surface area contributed by atoms with Crippen molar-refractivity contribution in [3.8, 4) is 0 Å². The Hall–Kier alpha value is -1.06. The summed E-state index contributed by atoms with van der Waals surface area (Å²) in [7, 11) is 4.14. The number of para-hydroxylation sites is 1. The van der Waals surface area contributed by atoms with Crippen molar-refractivity contribution in [2.45, 2.75) is 25.8 Å². The van der Waals surface area contributed by atoms with Crippen molar-refractivity contribution in [1.82, 2.24) is 5.32 Å². The average Bonchev–Trinajstić information content (AvgIpc) is 3.26. The molecule has 1 N–H and O–H groups in total. The third-order valence-corrected chi connectivity index (χ3v) is 3.87. The van der Waals surface area contributed by atoms with Gasteiger partial charge in [-0.3, -0.25) is 0 Å². The standard InChI is InChI=1S/C16H26N2O/c1-13(17-2)15-6-4-5-7-16(15)18(3)10-11-19-12-14-8-9-14/h4-7,13-14,17H,8-12H2,1-3H3.